The van der Waals surface area contributed by atoms with Crippen LogP contribution in [0, 0.1) is 0 Å². The molecule has 0 bridgehead atoms. The molecule has 1 aromatic heterocycles. The molecule has 1 N–H and O–H groups in total. The lowest BCUT2D eigenvalue weighted by atomic mass is 9.89. The highest BCUT2D eigenvalue weighted by Crippen LogP contribution is 2.32. The summed E-state index contributed by atoms with van der Waals surface area (Å²) in [6, 6.07) is 7.63. The molecule has 0 unspecified atom stereocenters. The molecule has 134 valence electrons. The van der Waals surface area contributed by atoms with Gasteiger partial charge in [0.2, 0.25) is 11.8 Å². The van der Waals surface area contributed by atoms with Crippen LogP contribution >= 0.6 is 11.8 Å². The van der Waals surface area contributed by atoms with Crippen molar-refractivity contribution in [3.8, 4) is 5.75 Å². The van der Waals surface area contributed by atoms with Crippen LogP contribution in [-0.4, -0.2) is 29.0 Å². The maximum absolute atomic E-state index is 12.0. The molecular formula is C18H23N3O3S. The van der Waals surface area contributed by atoms with Crippen LogP contribution in [0.25, 0.3) is 0 Å². The third kappa shape index (κ3) is 4.98. The molecule has 1 amide bonds. The molecule has 0 spiro atoms. The van der Waals surface area contributed by atoms with Gasteiger partial charge < -0.3 is 14.5 Å². The second-order valence-corrected chi connectivity index (χ2v) is 7.04. The number of hydrogen-bond donors (Lipinski definition) is 1. The maximum Gasteiger partial charge on any atom is 0.277 e. The van der Waals surface area contributed by atoms with E-state index in [1.807, 2.05) is 24.3 Å². The maximum atomic E-state index is 12.0. The molecule has 0 saturated heterocycles. The van der Waals surface area contributed by atoms with Crippen molar-refractivity contribution in [3.63, 3.8) is 0 Å². The second kappa shape index (κ2) is 8.89. The third-order valence-corrected chi connectivity index (χ3v) is 5.19. The van der Waals surface area contributed by atoms with E-state index in [4.69, 9.17) is 9.15 Å². The monoisotopic (exact) mass is 361 g/mol. The number of carbonyl (C=O) groups is 1. The Labute approximate surface area is 151 Å². The van der Waals surface area contributed by atoms with Crippen molar-refractivity contribution >= 4 is 17.7 Å². The van der Waals surface area contributed by atoms with Crippen LogP contribution in [0.1, 0.15) is 49.5 Å². The normalized spacial score (nSPS) is 15.1. The van der Waals surface area contributed by atoms with Gasteiger partial charge in [0.1, 0.15) is 5.75 Å². The predicted molar refractivity (Wildman–Crippen MR) is 95.7 cm³/mol. The predicted octanol–water partition coefficient (Wildman–Crippen LogP) is 3.53. The average molecular weight is 361 g/mol. The molecule has 1 fully saturated rings. The Morgan fingerprint density at radius 3 is 2.88 bits per heavy atom. The van der Waals surface area contributed by atoms with Crippen LogP contribution < -0.4 is 10.1 Å². The summed E-state index contributed by atoms with van der Waals surface area (Å²) in [4.78, 5) is 12.0. The smallest absolute Gasteiger partial charge is 0.277 e. The Balaban J connectivity index is 1.45. The summed E-state index contributed by atoms with van der Waals surface area (Å²) in [5.74, 6) is 2.05. The molecular weight excluding hydrogens is 338 g/mol. The van der Waals surface area contributed by atoms with Crippen molar-refractivity contribution in [1.29, 1.82) is 0 Å². The summed E-state index contributed by atoms with van der Waals surface area (Å²) >= 11 is 1.27. The van der Waals surface area contributed by atoms with Gasteiger partial charge in [-0.25, -0.2) is 0 Å². The molecule has 7 heteroatoms. The highest BCUT2D eigenvalue weighted by molar-refractivity contribution is 7.99. The Morgan fingerprint density at radius 1 is 1.28 bits per heavy atom. The third-order valence-electron chi connectivity index (χ3n) is 4.37. The largest absolute Gasteiger partial charge is 0.496 e. The van der Waals surface area contributed by atoms with Crippen molar-refractivity contribution in [1.82, 2.24) is 15.5 Å². The number of methoxy groups -OCH3 is 1. The highest BCUT2D eigenvalue weighted by atomic mass is 32.2. The van der Waals surface area contributed by atoms with Crippen molar-refractivity contribution in [2.45, 2.75) is 49.8 Å². The van der Waals surface area contributed by atoms with E-state index >= 15 is 0 Å². The van der Waals surface area contributed by atoms with Gasteiger partial charge in [-0.3, -0.25) is 4.79 Å². The number of amides is 1. The van der Waals surface area contributed by atoms with E-state index < -0.39 is 0 Å². The number of rotatable bonds is 7. The molecule has 1 heterocycles. The molecule has 3 rings (SSSR count). The molecule has 1 aliphatic carbocycles. The molecule has 6 nitrogen and oxygen atoms in total. The van der Waals surface area contributed by atoms with E-state index in [0.29, 0.717) is 17.7 Å². The lowest BCUT2D eigenvalue weighted by Crippen LogP contribution is -2.24. The first-order valence-electron chi connectivity index (χ1n) is 8.61. The average Bonchev–Trinajstić information content (AvgIpc) is 3.14. The quantitative estimate of drug-likeness (QED) is 0.760. The van der Waals surface area contributed by atoms with Gasteiger partial charge in [-0.15, -0.1) is 10.2 Å². The van der Waals surface area contributed by atoms with Crippen molar-refractivity contribution < 1.29 is 13.9 Å². The second-order valence-electron chi connectivity index (χ2n) is 6.12. The molecule has 1 aliphatic rings. The van der Waals surface area contributed by atoms with E-state index in [-0.39, 0.29) is 11.7 Å². The summed E-state index contributed by atoms with van der Waals surface area (Å²) in [5, 5.41) is 11.6. The Morgan fingerprint density at radius 2 is 2.08 bits per heavy atom. The van der Waals surface area contributed by atoms with Gasteiger partial charge in [0.25, 0.3) is 5.22 Å². The van der Waals surface area contributed by atoms with Crippen molar-refractivity contribution in [2.24, 2.45) is 0 Å². The topological polar surface area (TPSA) is 77.2 Å². The Hall–Kier alpha value is -2.02. The van der Waals surface area contributed by atoms with Crippen LogP contribution in [0.5, 0.6) is 5.75 Å². The highest BCUT2D eigenvalue weighted by Gasteiger charge is 2.21. The minimum atomic E-state index is -0.0756. The van der Waals surface area contributed by atoms with Gasteiger partial charge in [0.05, 0.1) is 12.9 Å². The van der Waals surface area contributed by atoms with E-state index in [1.54, 1.807) is 7.11 Å². The fraction of sp³-hybridized carbons (Fsp3) is 0.500. The molecule has 25 heavy (non-hydrogen) atoms. The first-order chi connectivity index (χ1) is 12.3. The molecule has 2 aromatic rings. The first kappa shape index (κ1) is 17.8. The van der Waals surface area contributed by atoms with E-state index in [1.165, 1.54) is 31.0 Å². The zero-order chi connectivity index (χ0) is 17.5. The van der Waals surface area contributed by atoms with Gasteiger partial charge in [0.15, 0.2) is 0 Å². The minimum absolute atomic E-state index is 0.0756. The van der Waals surface area contributed by atoms with E-state index in [0.717, 1.165) is 30.0 Å². The van der Waals surface area contributed by atoms with Crippen LogP contribution in [-0.2, 0) is 11.3 Å². The van der Waals surface area contributed by atoms with Gasteiger partial charge >= 0.3 is 0 Å². The van der Waals surface area contributed by atoms with E-state index in [2.05, 4.69) is 15.5 Å². The number of nitrogens with zero attached hydrogens (tertiary/aromatic N) is 2. The molecule has 0 aliphatic heterocycles. The van der Waals surface area contributed by atoms with Gasteiger partial charge in [-0.1, -0.05) is 49.2 Å². The fourth-order valence-corrected chi connectivity index (χ4v) is 3.61. The summed E-state index contributed by atoms with van der Waals surface area (Å²) < 4.78 is 11.0. The number of nitrogens with one attached hydrogen (secondary N) is 1. The number of benzene rings is 1. The standard InChI is InChI=1S/C18H23N3O3S/c1-23-15-10-6-5-9-14(15)11-19-16(22)12-25-18-21-20-17(24-18)13-7-3-2-4-8-13/h5-6,9-10,13H,2-4,7-8,11-12H2,1H3,(H,19,22). The summed E-state index contributed by atoms with van der Waals surface area (Å²) in [7, 11) is 1.62. The number of aromatic nitrogens is 2. The Kier molecular flexibility index (Phi) is 6.33. The number of thioether (sulfide) groups is 1. The van der Waals surface area contributed by atoms with Crippen LogP contribution in [0.2, 0.25) is 0 Å². The van der Waals surface area contributed by atoms with Gasteiger partial charge in [-0.2, -0.15) is 0 Å². The summed E-state index contributed by atoms with van der Waals surface area (Å²) in [6.45, 7) is 0.431. The van der Waals surface area contributed by atoms with E-state index in [9.17, 15) is 4.79 Å². The first-order valence-corrected chi connectivity index (χ1v) is 9.59. The number of ether oxygens (including phenoxy) is 1. The lowest BCUT2D eigenvalue weighted by molar-refractivity contribution is -0.118. The van der Waals surface area contributed by atoms with Crippen LogP contribution in [0.4, 0.5) is 0 Å². The Bertz CT molecular complexity index is 698. The van der Waals surface area contributed by atoms with Crippen molar-refractivity contribution in [2.75, 3.05) is 12.9 Å². The number of hydrogen-bond acceptors (Lipinski definition) is 6. The molecule has 1 aromatic carbocycles. The minimum Gasteiger partial charge on any atom is -0.496 e. The molecule has 0 radical (unpaired) electrons. The summed E-state index contributed by atoms with van der Waals surface area (Å²) in [6.07, 6.45) is 5.97. The number of carbonyl (C=O) groups excluding carboxylic acids is 1. The molecule has 0 atom stereocenters. The molecule has 1 saturated carbocycles. The van der Waals surface area contributed by atoms with Crippen LogP contribution in [0.3, 0.4) is 0 Å². The zero-order valence-corrected chi connectivity index (χ0v) is 15.2. The van der Waals surface area contributed by atoms with Gasteiger partial charge in [-0.05, 0) is 18.9 Å². The lowest BCUT2D eigenvalue weighted by Gasteiger charge is -2.17. The summed E-state index contributed by atoms with van der Waals surface area (Å²) in [5.41, 5.74) is 0.945. The SMILES string of the molecule is COc1ccccc1CNC(=O)CSc1nnc(C2CCCCC2)o1. The van der Waals surface area contributed by atoms with Gasteiger partial charge in [0, 0.05) is 18.0 Å². The zero-order valence-electron chi connectivity index (χ0n) is 14.4. The number of para-hydroxylation sites is 1. The van der Waals surface area contributed by atoms with Crippen molar-refractivity contribution in [3.05, 3.63) is 35.7 Å². The fourth-order valence-electron chi connectivity index (χ4n) is 3.01. The van der Waals surface area contributed by atoms with Crippen LogP contribution in [0.15, 0.2) is 33.9 Å².